The highest BCUT2D eigenvalue weighted by Crippen LogP contribution is 2.29. The number of rotatable bonds is 6. The van der Waals surface area contributed by atoms with Gasteiger partial charge in [0, 0.05) is 32.7 Å². The summed E-state index contributed by atoms with van der Waals surface area (Å²) >= 11 is 0. The summed E-state index contributed by atoms with van der Waals surface area (Å²) in [4.78, 5) is 8.90. The van der Waals surface area contributed by atoms with E-state index in [1.807, 2.05) is 13.1 Å². The van der Waals surface area contributed by atoms with Gasteiger partial charge in [0.2, 0.25) is 0 Å². The molecule has 1 aliphatic carbocycles. The first-order valence-corrected chi connectivity index (χ1v) is 7.67. The standard InChI is InChI=1S/C15H26N4O/c1-3-13-18-14(16-2)8-15(19-13)17-9-11-6-4-5-7-12(11)10-20/h8,11-12,20H,3-7,9-10H2,1-2H3,(H2,16,17,18,19). The van der Waals surface area contributed by atoms with E-state index < -0.39 is 0 Å². The van der Waals surface area contributed by atoms with Crippen molar-refractivity contribution in [2.24, 2.45) is 11.8 Å². The zero-order valence-corrected chi connectivity index (χ0v) is 12.5. The quantitative estimate of drug-likeness (QED) is 0.745. The lowest BCUT2D eigenvalue weighted by Crippen LogP contribution is -2.28. The van der Waals surface area contributed by atoms with Gasteiger partial charge in [-0.05, 0) is 24.7 Å². The van der Waals surface area contributed by atoms with Crippen LogP contribution >= 0.6 is 0 Å². The van der Waals surface area contributed by atoms with E-state index in [-0.39, 0.29) is 0 Å². The van der Waals surface area contributed by atoms with Crippen molar-refractivity contribution in [1.29, 1.82) is 0 Å². The van der Waals surface area contributed by atoms with E-state index in [1.54, 1.807) is 0 Å². The van der Waals surface area contributed by atoms with Gasteiger partial charge in [-0.15, -0.1) is 0 Å². The number of aliphatic hydroxyl groups excluding tert-OH is 1. The number of nitrogens with zero attached hydrogens (tertiary/aromatic N) is 2. The van der Waals surface area contributed by atoms with Crippen molar-refractivity contribution >= 4 is 11.6 Å². The number of anilines is 2. The first kappa shape index (κ1) is 15.0. The monoisotopic (exact) mass is 278 g/mol. The Labute approximate surface area is 121 Å². The summed E-state index contributed by atoms with van der Waals surface area (Å²) in [6.45, 7) is 3.24. The van der Waals surface area contributed by atoms with Crippen LogP contribution in [0.5, 0.6) is 0 Å². The Morgan fingerprint density at radius 2 is 1.90 bits per heavy atom. The van der Waals surface area contributed by atoms with Crippen molar-refractivity contribution in [2.75, 3.05) is 30.8 Å². The zero-order chi connectivity index (χ0) is 14.4. The molecule has 3 N–H and O–H groups in total. The molecule has 0 aliphatic heterocycles. The lowest BCUT2D eigenvalue weighted by Gasteiger charge is -2.30. The van der Waals surface area contributed by atoms with Crippen LogP contribution in [0.4, 0.5) is 11.6 Å². The van der Waals surface area contributed by atoms with E-state index in [0.29, 0.717) is 18.4 Å². The van der Waals surface area contributed by atoms with Crippen LogP contribution in [0, 0.1) is 11.8 Å². The van der Waals surface area contributed by atoms with Gasteiger partial charge in [0.1, 0.15) is 17.5 Å². The zero-order valence-electron chi connectivity index (χ0n) is 12.5. The molecule has 5 nitrogen and oxygen atoms in total. The molecule has 1 saturated carbocycles. The van der Waals surface area contributed by atoms with Crippen molar-refractivity contribution in [2.45, 2.75) is 39.0 Å². The first-order chi connectivity index (χ1) is 9.76. The Morgan fingerprint density at radius 1 is 1.20 bits per heavy atom. The molecule has 1 aliphatic rings. The number of aryl methyl sites for hydroxylation is 1. The van der Waals surface area contributed by atoms with Crippen molar-refractivity contribution in [3.63, 3.8) is 0 Å². The molecule has 2 rings (SSSR count). The third-order valence-electron chi connectivity index (χ3n) is 4.19. The summed E-state index contributed by atoms with van der Waals surface area (Å²) in [6.07, 6.45) is 5.69. The fourth-order valence-corrected chi connectivity index (χ4v) is 2.90. The number of hydrogen-bond donors (Lipinski definition) is 3. The van der Waals surface area contributed by atoms with E-state index >= 15 is 0 Å². The van der Waals surface area contributed by atoms with Crippen LogP contribution in [-0.2, 0) is 6.42 Å². The largest absolute Gasteiger partial charge is 0.396 e. The molecule has 112 valence electrons. The summed E-state index contributed by atoms with van der Waals surface area (Å²) in [6, 6.07) is 1.94. The van der Waals surface area contributed by atoms with Gasteiger partial charge in [-0.3, -0.25) is 0 Å². The van der Waals surface area contributed by atoms with Crippen molar-refractivity contribution < 1.29 is 5.11 Å². The molecule has 0 amide bonds. The molecule has 0 saturated heterocycles. The Hall–Kier alpha value is -1.36. The summed E-state index contributed by atoms with van der Waals surface area (Å²) in [5.74, 6) is 3.56. The van der Waals surface area contributed by atoms with E-state index in [4.69, 9.17) is 0 Å². The van der Waals surface area contributed by atoms with Gasteiger partial charge in [0.05, 0.1) is 0 Å². The predicted octanol–water partition coefficient (Wildman–Crippen LogP) is 2.29. The molecule has 1 heterocycles. The lowest BCUT2D eigenvalue weighted by atomic mass is 9.79. The molecular formula is C15H26N4O. The highest BCUT2D eigenvalue weighted by Gasteiger charge is 2.24. The van der Waals surface area contributed by atoms with Crippen molar-refractivity contribution in [3.05, 3.63) is 11.9 Å². The highest BCUT2D eigenvalue weighted by molar-refractivity contribution is 5.47. The number of aromatic nitrogens is 2. The van der Waals surface area contributed by atoms with E-state index in [9.17, 15) is 5.11 Å². The molecule has 5 heteroatoms. The highest BCUT2D eigenvalue weighted by atomic mass is 16.3. The van der Waals surface area contributed by atoms with Gasteiger partial charge in [0.15, 0.2) is 0 Å². The summed E-state index contributed by atoms with van der Waals surface area (Å²) in [7, 11) is 1.87. The second kappa shape index (κ2) is 7.43. The van der Waals surface area contributed by atoms with Gasteiger partial charge >= 0.3 is 0 Å². The summed E-state index contributed by atoms with van der Waals surface area (Å²) in [5, 5.41) is 16.0. The smallest absolute Gasteiger partial charge is 0.132 e. The van der Waals surface area contributed by atoms with Crippen LogP contribution in [0.1, 0.15) is 38.4 Å². The Kier molecular flexibility index (Phi) is 5.59. The minimum atomic E-state index is 0.304. The molecule has 20 heavy (non-hydrogen) atoms. The maximum atomic E-state index is 9.46. The van der Waals surface area contributed by atoms with Crippen molar-refractivity contribution in [3.8, 4) is 0 Å². The molecule has 2 atom stereocenters. The molecule has 1 fully saturated rings. The second-order valence-corrected chi connectivity index (χ2v) is 5.53. The molecule has 2 unspecified atom stereocenters. The topological polar surface area (TPSA) is 70.1 Å². The van der Waals surface area contributed by atoms with Gasteiger partial charge in [-0.25, -0.2) is 9.97 Å². The van der Waals surface area contributed by atoms with Gasteiger partial charge < -0.3 is 15.7 Å². The Bertz CT molecular complexity index is 402. The maximum Gasteiger partial charge on any atom is 0.132 e. The van der Waals surface area contributed by atoms with E-state index in [0.717, 1.165) is 36.8 Å². The lowest BCUT2D eigenvalue weighted by molar-refractivity contribution is 0.141. The van der Waals surface area contributed by atoms with Gasteiger partial charge in [-0.2, -0.15) is 0 Å². The normalized spacial score (nSPS) is 22.6. The van der Waals surface area contributed by atoms with E-state index in [1.165, 1.54) is 19.3 Å². The average Bonchev–Trinajstić information content (AvgIpc) is 2.52. The van der Waals surface area contributed by atoms with Crippen LogP contribution in [0.15, 0.2) is 6.07 Å². The molecule has 0 spiro atoms. The number of aliphatic hydroxyl groups is 1. The van der Waals surface area contributed by atoms with E-state index in [2.05, 4.69) is 27.5 Å². The Morgan fingerprint density at radius 3 is 2.55 bits per heavy atom. The van der Waals surface area contributed by atoms with Crippen LogP contribution in [-0.4, -0.2) is 35.3 Å². The third-order valence-corrected chi connectivity index (χ3v) is 4.19. The van der Waals surface area contributed by atoms with Crippen molar-refractivity contribution in [1.82, 2.24) is 9.97 Å². The molecule has 1 aromatic heterocycles. The van der Waals surface area contributed by atoms with Crippen LogP contribution < -0.4 is 10.6 Å². The molecule has 0 radical (unpaired) electrons. The molecule has 0 bridgehead atoms. The van der Waals surface area contributed by atoms with Crippen LogP contribution in [0.25, 0.3) is 0 Å². The second-order valence-electron chi connectivity index (χ2n) is 5.53. The first-order valence-electron chi connectivity index (χ1n) is 7.67. The van der Waals surface area contributed by atoms with Gasteiger partial charge in [-0.1, -0.05) is 19.8 Å². The molecule has 0 aromatic carbocycles. The minimum Gasteiger partial charge on any atom is -0.396 e. The summed E-state index contributed by atoms with van der Waals surface area (Å²) < 4.78 is 0. The Balaban J connectivity index is 1.98. The summed E-state index contributed by atoms with van der Waals surface area (Å²) in [5.41, 5.74) is 0. The fraction of sp³-hybridized carbons (Fsp3) is 0.733. The molecular weight excluding hydrogens is 252 g/mol. The predicted molar refractivity (Wildman–Crippen MR) is 82.0 cm³/mol. The number of nitrogens with one attached hydrogen (secondary N) is 2. The fourth-order valence-electron chi connectivity index (χ4n) is 2.90. The minimum absolute atomic E-state index is 0.304. The van der Waals surface area contributed by atoms with Crippen LogP contribution in [0.3, 0.4) is 0 Å². The van der Waals surface area contributed by atoms with Gasteiger partial charge in [0.25, 0.3) is 0 Å². The SMILES string of the molecule is CCc1nc(NC)cc(NCC2CCCCC2CO)n1. The molecule has 1 aromatic rings. The number of hydrogen-bond acceptors (Lipinski definition) is 5. The third kappa shape index (κ3) is 3.82. The average molecular weight is 278 g/mol. The van der Waals surface area contributed by atoms with Crippen LogP contribution in [0.2, 0.25) is 0 Å². The maximum absolute atomic E-state index is 9.46.